The van der Waals surface area contributed by atoms with Gasteiger partial charge in [0.05, 0.1) is 0 Å². The van der Waals surface area contributed by atoms with Gasteiger partial charge in [-0.1, -0.05) is 37.3 Å². The molecule has 0 spiro atoms. The van der Waals surface area contributed by atoms with Crippen molar-refractivity contribution < 1.29 is 0 Å². The molecule has 0 aliphatic carbocycles. The van der Waals surface area contributed by atoms with Crippen molar-refractivity contribution in [2.45, 2.75) is 20.0 Å². The lowest BCUT2D eigenvalue weighted by molar-refractivity contribution is 0.271. The molecule has 20 heavy (non-hydrogen) atoms. The molecule has 0 aliphatic heterocycles. The zero-order chi connectivity index (χ0) is 14.4. The Kier molecular flexibility index (Phi) is 4.85. The second-order valence-electron chi connectivity index (χ2n) is 4.75. The average molecular weight is 268 g/mol. The zero-order valence-corrected chi connectivity index (χ0v) is 11.7. The van der Waals surface area contributed by atoms with Gasteiger partial charge in [0, 0.05) is 19.3 Å². The fraction of sp³-hybridized carbons (Fsp3) is 0.250. The van der Waals surface area contributed by atoms with Crippen LogP contribution in [0.15, 0.2) is 48.7 Å². The maximum absolute atomic E-state index is 7.44. The average Bonchev–Trinajstić information content (AvgIpc) is 2.48. The Hall–Kier alpha value is -2.20. The van der Waals surface area contributed by atoms with Crippen molar-refractivity contribution >= 4 is 5.84 Å². The summed E-state index contributed by atoms with van der Waals surface area (Å²) in [5, 5.41) is 7.44. The Labute approximate surface area is 119 Å². The maximum Gasteiger partial charge on any atom is 0.141 e. The summed E-state index contributed by atoms with van der Waals surface area (Å²) in [7, 11) is 0. The number of nitrogens with zero attached hydrogens (tertiary/aromatic N) is 2. The molecule has 0 saturated heterocycles. The van der Waals surface area contributed by atoms with E-state index < -0.39 is 0 Å². The molecule has 0 fully saturated rings. The van der Waals surface area contributed by atoms with Gasteiger partial charge in [-0.25, -0.2) is 0 Å². The van der Waals surface area contributed by atoms with Crippen LogP contribution >= 0.6 is 0 Å². The van der Waals surface area contributed by atoms with Gasteiger partial charge >= 0.3 is 0 Å². The van der Waals surface area contributed by atoms with Crippen molar-refractivity contribution in [3.63, 3.8) is 0 Å². The molecular weight excluding hydrogens is 248 g/mol. The van der Waals surface area contributed by atoms with E-state index in [-0.39, 0.29) is 5.84 Å². The van der Waals surface area contributed by atoms with Crippen molar-refractivity contribution in [2.75, 3.05) is 6.54 Å². The largest absolute Gasteiger partial charge is 0.382 e. The van der Waals surface area contributed by atoms with Crippen LogP contribution in [0, 0.1) is 5.41 Å². The molecule has 1 heterocycles. The first kappa shape index (κ1) is 14.2. The van der Waals surface area contributed by atoms with Gasteiger partial charge in [0.2, 0.25) is 0 Å². The highest BCUT2D eigenvalue weighted by atomic mass is 15.1. The third kappa shape index (κ3) is 3.90. The summed E-state index contributed by atoms with van der Waals surface area (Å²) in [4.78, 5) is 6.43. The fourth-order valence-electron chi connectivity index (χ4n) is 2.10. The highest BCUT2D eigenvalue weighted by Gasteiger charge is 2.06. The van der Waals surface area contributed by atoms with E-state index in [1.165, 1.54) is 5.56 Å². The number of aromatic nitrogens is 1. The number of nitrogens with one attached hydrogen (secondary N) is 1. The van der Waals surface area contributed by atoms with Crippen LogP contribution in [0.25, 0.3) is 0 Å². The molecule has 104 valence electrons. The smallest absolute Gasteiger partial charge is 0.141 e. The quantitative estimate of drug-likeness (QED) is 0.624. The van der Waals surface area contributed by atoms with Crippen molar-refractivity contribution in [2.24, 2.45) is 5.73 Å². The van der Waals surface area contributed by atoms with E-state index in [1.807, 2.05) is 18.2 Å². The summed E-state index contributed by atoms with van der Waals surface area (Å²) in [5.74, 6) is 0.0120. The number of hydrogen-bond donors (Lipinski definition) is 2. The van der Waals surface area contributed by atoms with Crippen LogP contribution < -0.4 is 5.73 Å². The molecule has 0 radical (unpaired) electrons. The highest BCUT2D eigenvalue weighted by Crippen LogP contribution is 2.10. The van der Waals surface area contributed by atoms with Gasteiger partial charge in [-0.15, -0.1) is 0 Å². The zero-order valence-electron chi connectivity index (χ0n) is 11.7. The molecule has 4 nitrogen and oxygen atoms in total. The first-order chi connectivity index (χ1) is 9.69. The van der Waals surface area contributed by atoms with Gasteiger partial charge in [-0.2, -0.15) is 0 Å². The molecule has 0 unspecified atom stereocenters. The minimum Gasteiger partial charge on any atom is -0.382 e. The monoisotopic (exact) mass is 268 g/mol. The highest BCUT2D eigenvalue weighted by molar-refractivity contribution is 5.93. The van der Waals surface area contributed by atoms with Gasteiger partial charge in [0.1, 0.15) is 11.5 Å². The summed E-state index contributed by atoms with van der Waals surface area (Å²) in [6, 6.07) is 14.3. The van der Waals surface area contributed by atoms with E-state index in [0.717, 1.165) is 25.2 Å². The summed E-state index contributed by atoms with van der Waals surface area (Å²) >= 11 is 0. The minimum absolute atomic E-state index is 0.0120. The Morgan fingerprint density at radius 2 is 1.85 bits per heavy atom. The molecule has 0 bridgehead atoms. The van der Waals surface area contributed by atoms with Crippen LogP contribution in [-0.4, -0.2) is 22.3 Å². The molecule has 3 N–H and O–H groups in total. The maximum atomic E-state index is 7.44. The molecule has 1 aromatic carbocycles. The van der Waals surface area contributed by atoms with Crippen LogP contribution in [0.3, 0.4) is 0 Å². The number of nitrogens with two attached hydrogens (primary N) is 1. The van der Waals surface area contributed by atoms with Gasteiger partial charge in [-0.05, 0) is 29.8 Å². The number of pyridine rings is 1. The lowest BCUT2D eigenvalue weighted by Crippen LogP contribution is -2.23. The van der Waals surface area contributed by atoms with E-state index in [1.54, 1.807) is 6.20 Å². The van der Waals surface area contributed by atoms with E-state index >= 15 is 0 Å². The van der Waals surface area contributed by atoms with E-state index in [0.29, 0.717) is 5.69 Å². The van der Waals surface area contributed by atoms with Gasteiger partial charge in [-0.3, -0.25) is 15.3 Å². The number of benzene rings is 1. The topological polar surface area (TPSA) is 66.0 Å². The Bertz CT molecular complexity index is 566. The SMILES string of the molecule is CCN(Cc1ccccc1)Cc1ccnc(C(=N)N)c1. The van der Waals surface area contributed by atoms with E-state index in [9.17, 15) is 0 Å². The molecule has 2 rings (SSSR count). The van der Waals surface area contributed by atoms with Crippen molar-refractivity contribution in [1.82, 2.24) is 9.88 Å². The summed E-state index contributed by atoms with van der Waals surface area (Å²) in [6.07, 6.45) is 1.71. The van der Waals surface area contributed by atoms with Gasteiger partial charge < -0.3 is 5.73 Å². The Morgan fingerprint density at radius 3 is 2.50 bits per heavy atom. The molecule has 0 amide bonds. The summed E-state index contributed by atoms with van der Waals surface area (Å²) in [6.45, 7) is 4.85. The number of amidine groups is 1. The fourth-order valence-corrected chi connectivity index (χ4v) is 2.10. The van der Waals surface area contributed by atoms with Crippen LogP contribution in [0.1, 0.15) is 23.7 Å². The molecule has 4 heteroatoms. The van der Waals surface area contributed by atoms with Crippen LogP contribution in [0.4, 0.5) is 0 Å². The second kappa shape index (κ2) is 6.82. The first-order valence-electron chi connectivity index (χ1n) is 6.74. The molecule has 2 aromatic rings. The lowest BCUT2D eigenvalue weighted by Gasteiger charge is -2.20. The van der Waals surface area contributed by atoms with Gasteiger partial charge in [0.15, 0.2) is 0 Å². The standard InChI is InChI=1S/C16H20N4/c1-2-20(11-13-6-4-3-5-7-13)12-14-8-9-19-15(10-14)16(17)18/h3-10H,2,11-12H2,1H3,(H3,17,18). The Balaban J connectivity index is 2.06. The molecule has 1 aromatic heterocycles. The third-order valence-corrected chi connectivity index (χ3v) is 3.20. The molecule has 0 saturated carbocycles. The summed E-state index contributed by atoms with van der Waals surface area (Å²) < 4.78 is 0. The Morgan fingerprint density at radius 1 is 1.15 bits per heavy atom. The van der Waals surface area contributed by atoms with Gasteiger partial charge in [0.25, 0.3) is 0 Å². The van der Waals surface area contributed by atoms with Crippen molar-refractivity contribution in [1.29, 1.82) is 5.41 Å². The number of nitrogen functional groups attached to an aromatic ring is 1. The summed E-state index contributed by atoms with van der Waals surface area (Å²) in [5.41, 5.74) is 8.45. The lowest BCUT2D eigenvalue weighted by atomic mass is 10.1. The first-order valence-corrected chi connectivity index (χ1v) is 6.74. The van der Waals surface area contributed by atoms with Crippen LogP contribution in [-0.2, 0) is 13.1 Å². The third-order valence-electron chi connectivity index (χ3n) is 3.20. The predicted molar refractivity (Wildman–Crippen MR) is 81.5 cm³/mol. The minimum atomic E-state index is 0.0120. The van der Waals surface area contributed by atoms with E-state index in [2.05, 4.69) is 41.1 Å². The van der Waals surface area contributed by atoms with E-state index in [4.69, 9.17) is 11.1 Å². The number of rotatable bonds is 6. The molecule has 0 atom stereocenters. The normalized spacial score (nSPS) is 10.7. The van der Waals surface area contributed by atoms with Crippen LogP contribution in [0.5, 0.6) is 0 Å². The predicted octanol–water partition coefficient (Wildman–Crippen LogP) is 2.39. The second-order valence-corrected chi connectivity index (χ2v) is 4.75. The molecule has 0 aliphatic rings. The molecular formula is C16H20N4. The number of hydrogen-bond acceptors (Lipinski definition) is 3. The van der Waals surface area contributed by atoms with Crippen molar-refractivity contribution in [3.05, 3.63) is 65.5 Å². The van der Waals surface area contributed by atoms with Crippen molar-refractivity contribution in [3.8, 4) is 0 Å². The van der Waals surface area contributed by atoms with Crippen LogP contribution in [0.2, 0.25) is 0 Å².